The molecule has 0 saturated heterocycles. The molecular formula is C10H8N2O5. The van der Waals surface area contributed by atoms with E-state index in [2.05, 4.69) is 10.9 Å². The van der Waals surface area contributed by atoms with Crippen molar-refractivity contribution in [1.29, 1.82) is 0 Å². The van der Waals surface area contributed by atoms with Crippen LogP contribution in [0.15, 0.2) is 12.3 Å². The molecule has 1 rings (SSSR count). The molecule has 1 aromatic heterocycles. The van der Waals surface area contributed by atoms with E-state index >= 15 is 0 Å². The molecule has 1 unspecified atom stereocenters. The number of aromatic nitrogens is 1. The van der Waals surface area contributed by atoms with Crippen molar-refractivity contribution >= 4 is 11.7 Å². The lowest BCUT2D eigenvalue weighted by molar-refractivity contribution is -0.385. The molecule has 17 heavy (non-hydrogen) atoms. The normalized spacial score (nSPS) is 11.3. The van der Waals surface area contributed by atoms with Gasteiger partial charge in [0, 0.05) is 6.07 Å². The summed E-state index contributed by atoms with van der Waals surface area (Å²) in [6.07, 6.45) is 5.28. The molecule has 0 amide bonds. The molecule has 0 saturated carbocycles. The standard InChI is InChI=1S/C10H8N2O5/c1-3-6(2)17-9-4-7(10(13)14)8(5-11-9)12(15)16/h1,4-6H,2H3,(H,13,14). The van der Waals surface area contributed by atoms with E-state index in [1.807, 2.05) is 0 Å². The van der Waals surface area contributed by atoms with Crippen molar-refractivity contribution in [1.82, 2.24) is 4.98 Å². The van der Waals surface area contributed by atoms with Gasteiger partial charge in [0.1, 0.15) is 11.8 Å². The van der Waals surface area contributed by atoms with Crippen molar-refractivity contribution in [3.8, 4) is 18.2 Å². The summed E-state index contributed by atoms with van der Waals surface area (Å²) in [5.41, 5.74) is -1.09. The molecule has 1 aromatic rings. The Kier molecular flexibility index (Phi) is 3.62. The van der Waals surface area contributed by atoms with Gasteiger partial charge in [0.05, 0.1) is 4.92 Å². The summed E-state index contributed by atoms with van der Waals surface area (Å²) in [7, 11) is 0. The highest BCUT2D eigenvalue weighted by atomic mass is 16.6. The van der Waals surface area contributed by atoms with Crippen molar-refractivity contribution in [2.45, 2.75) is 13.0 Å². The fourth-order valence-electron chi connectivity index (χ4n) is 1.03. The quantitative estimate of drug-likeness (QED) is 0.476. The Labute approximate surface area is 96.2 Å². The summed E-state index contributed by atoms with van der Waals surface area (Å²) in [5, 5.41) is 19.3. The summed E-state index contributed by atoms with van der Waals surface area (Å²) in [5.74, 6) is 0.752. The molecule has 0 bridgehead atoms. The third-order valence-electron chi connectivity index (χ3n) is 1.82. The van der Waals surface area contributed by atoms with Crippen LogP contribution < -0.4 is 4.74 Å². The highest BCUT2D eigenvalue weighted by Crippen LogP contribution is 2.21. The van der Waals surface area contributed by atoms with Crippen molar-refractivity contribution in [2.24, 2.45) is 0 Å². The third kappa shape index (κ3) is 2.92. The van der Waals surface area contributed by atoms with Crippen LogP contribution in [0.4, 0.5) is 5.69 Å². The predicted molar refractivity (Wildman–Crippen MR) is 56.8 cm³/mol. The summed E-state index contributed by atoms with van der Waals surface area (Å²) in [4.78, 5) is 24.1. The van der Waals surface area contributed by atoms with Crippen LogP contribution in [0.25, 0.3) is 0 Å². The third-order valence-corrected chi connectivity index (χ3v) is 1.82. The number of pyridine rings is 1. The van der Waals surface area contributed by atoms with Gasteiger partial charge in [0.15, 0.2) is 6.10 Å². The highest BCUT2D eigenvalue weighted by molar-refractivity contribution is 5.92. The number of carboxylic acids is 1. The van der Waals surface area contributed by atoms with Crippen LogP contribution in [0.1, 0.15) is 17.3 Å². The maximum absolute atomic E-state index is 10.8. The zero-order chi connectivity index (χ0) is 13.0. The van der Waals surface area contributed by atoms with Crippen LogP contribution in [0.3, 0.4) is 0 Å². The van der Waals surface area contributed by atoms with E-state index < -0.39 is 28.2 Å². The first-order chi connectivity index (χ1) is 7.95. The number of hydrogen-bond donors (Lipinski definition) is 1. The first-order valence-corrected chi connectivity index (χ1v) is 4.46. The lowest BCUT2D eigenvalue weighted by Gasteiger charge is -2.07. The van der Waals surface area contributed by atoms with Gasteiger partial charge in [0.2, 0.25) is 5.88 Å². The number of carboxylic acid groups (broad SMARTS) is 1. The smallest absolute Gasteiger partial charge is 0.342 e. The number of rotatable bonds is 4. The Bertz CT molecular complexity index is 506. The predicted octanol–water partition coefficient (Wildman–Crippen LogP) is 1.09. The zero-order valence-electron chi connectivity index (χ0n) is 8.78. The Morgan fingerprint density at radius 2 is 2.41 bits per heavy atom. The highest BCUT2D eigenvalue weighted by Gasteiger charge is 2.21. The van der Waals surface area contributed by atoms with E-state index in [1.165, 1.54) is 0 Å². The van der Waals surface area contributed by atoms with E-state index in [0.29, 0.717) is 0 Å². The maximum Gasteiger partial charge on any atom is 0.342 e. The fraction of sp³-hybridized carbons (Fsp3) is 0.200. The number of terminal acetylenes is 1. The van der Waals surface area contributed by atoms with E-state index in [0.717, 1.165) is 12.3 Å². The zero-order valence-corrected chi connectivity index (χ0v) is 8.78. The first-order valence-electron chi connectivity index (χ1n) is 4.46. The van der Waals surface area contributed by atoms with Crippen molar-refractivity contribution in [3.05, 3.63) is 27.9 Å². The number of aromatic carboxylic acids is 1. The van der Waals surface area contributed by atoms with Crippen LogP contribution in [0.2, 0.25) is 0 Å². The molecule has 7 nitrogen and oxygen atoms in total. The fourth-order valence-corrected chi connectivity index (χ4v) is 1.03. The molecule has 0 spiro atoms. The molecule has 88 valence electrons. The van der Waals surface area contributed by atoms with E-state index in [1.54, 1.807) is 6.92 Å². The lowest BCUT2D eigenvalue weighted by Crippen LogP contribution is -2.11. The lowest BCUT2D eigenvalue weighted by atomic mass is 10.2. The molecule has 1 heterocycles. The van der Waals surface area contributed by atoms with Gasteiger partial charge in [-0.3, -0.25) is 10.1 Å². The Morgan fingerprint density at radius 3 is 2.88 bits per heavy atom. The molecule has 1 N–H and O–H groups in total. The summed E-state index contributed by atoms with van der Waals surface area (Å²) in [6.45, 7) is 1.56. The van der Waals surface area contributed by atoms with Gasteiger partial charge in [-0.1, -0.05) is 5.92 Å². The van der Waals surface area contributed by atoms with Gasteiger partial charge in [0.25, 0.3) is 0 Å². The maximum atomic E-state index is 10.8. The van der Waals surface area contributed by atoms with Gasteiger partial charge in [-0.25, -0.2) is 9.78 Å². The van der Waals surface area contributed by atoms with Gasteiger partial charge in [-0.15, -0.1) is 6.42 Å². The summed E-state index contributed by atoms with van der Waals surface area (Å²) < 4.78 is 5.06. The molecule has 0 aliphatic heterocycles. The first kappa shape index (κ1) is 12.4. The number of nitrogens with zero attached hydrogens (tertiary/aromatic N) is 2. The Balaban J connectivity index is 3.15. The van der Waals surface area contributed by atoms with Crippen LogP contribution >= 0.6 is 0 Å². The molecule has 1 atom stereocenters. The monoisotopic (exact) mass is 236 g/mol. The number of carbonyl (C=O) groups is 1. The minimum atomic E-state index is -1.43. The van der Waals surface area contributed by atoms with Crippen molar-refractivity contribution in [2.75, 3.05) is 0 Å². The summed E-state index contributed by atoms with van der Waals surface area (Å²) >= 11 is 0. The molecular weight excluding hydrogens is 228 g/mol. The summed E-state index contributed by atoms with van der Waals surface area (Å²) in [6, 6.07) is 0.967. The van der Waals surface area contributed by atoms with Gasteiger partial charge < -0.3 is 9.84 Å². The van der Waals surface area contributed by atoms with Crippen molar-refractivity contribution < 1.29 is 19.6 Å². The molecule has 0 aliphatic rings. The topological polar surface area (TPSA) is 103 Å². The van der Waals surface area contributed by atoms with Crippen molar-refractivity contribution in [3.63, 3.8) is 0 Å². The molecule has 7 heteroatoms. The number of hydrogen-bond acceptors (Lipinski definition) is 5. The van der Waals surface area contributed by atoms with E-state index in [4.69, 9.17) is 16.3 Å². The van der Waals surface area contributed by atoms with Crippen LogP contribution in [-0.4, -0.2) is 27.1 Å². The second-order valence-electron chi connectivity index (χ2n) is 3.03. The van der Waals surface area contributed by atoms with Gasteiger partial charge >= 0.3 is 11.7 Å². The minimum Gasteiger partial charge on any atom is -0.477 e. The molecule has 0 radical (unpaired) electrons. The van der Waals surface area contributed by atoms with Gasteiger partial charge in [-0.05, 0) is 6.92 Å². The molecule has 0 fully saturated rings. The Morgan fingerprint density at radius 1 is 1.76 bits per heavy atom. The van der Waals surface area contributed by atoms with Crippen LogP contribution in [-0.2, 0) is 0 Å². The number of nitro groups is 1. The van der Waals surface area contributed by atoms with Gasteiger partial charge in [-0.2, -0.15) is 0 Å². The largest absolute Gasteiger partial charge is 0.477 e. The minimum absolute atomic E-state index is 0.0709. The average molecular weight is 236 g/mol. The van der Waals surface area contributed by atoms with Crippen LogP contribution in [0, 0.1) is 22.5 Å². The van der Waals surface area contributed by atoms with Crippen LogP contribution in [0.5, 0.6) is 5.88 Å². The average Bonchev–Trinajstić information content (AvgIpc) is 2.28. The van der Waals surface area contributed by atoms with E-state index in [9.17, 15) is 14.9 Å². The second-order valence-corrected chi connectivity index (χ2v) is 3.03. The second kappa shape index (κ2) is 4.94. The van der Waals surface area contributed by atoms with E-state index in [-0.39, 0.29) is 5.88 Å². The molecule has 0 aromatic carbocycles. The SMILES string of the molecule is C#CC(C)Oc1cc(C(=O)O)c([N+](=O)[O-])cn1. The Hall–Kier alpha value is -2.62. The number of ether oxygens (including phenoxy) is 1. The molecule has 0 aliphatic carbocycles.